The Bertz CT molecular complexity index is 402. The van der Waals surface area contributed by atoms with E-state index in [0.29, 0.717) is 11.7 Å². The predicted molar refractivity (Wildman–Crippen MR) is 61.5 cm³/mol. The first-order valence-corrected chi connectivity index (χ1v) is 5.86. The largest absolute Gasteiger partial charge is 0.489 e. The summed E-state index contributed by atoms with van der Waals surface area (Å²) in [6.07, 6.45) is 5.12. The Hall–Kier alpha value is -1.32. The van der Waals surface area contributed by atoms with Crippen LogP contribution in [0.1, 0.15) is 33.1 Å². The first-order valence-electron chi connectivity index (χ1n) is 5.86. The van der Waals surface area contributed by atoms with Crippen LogP contribution in [0.3, 0.4) is 0 Å². The Morgan fingerprint density at radius 1 is 1.38 bits per heavy atom. The van der Waals surface area contributed by atoms with Crippen molar-refractivity contribution in [2.45, 2.75) is 39.2 Å². The van der Waals surface area contributed by atoms with E-state index in [0.717, 1.165) is 18.8 Å². The number of rotatable bonds is 2. The quantitative estimate of drug-likeness (QED) is 0.832. The zero-order chi connectivity index (χ0) is 11.5. The van der Waals surface area contributed by atoms with Gasteiger partial charge in [0.2, 0.25) is 0 Å². The van der Waals surface area contributed by atoms with Gasteiger partial charge < -0.3 is 4.74 Å². The molecule has 4 nitrogen and oxygen atoms in total. The van der Waals surface area contributed by atoms with Crippen molar-refractivity contribution in [1.82, 2.24) is 10.2 Å². The van der Waals surface area contributed by atoms with E-state index < -0.39 is 0 Å². The minimum absolute atomic E-state index is 0.213. The van der Waals surface area contributed by atoms with Crippen LogP contribution < -0.4 is 10.3 Å². The average Bonchev–Trinajstić information content (AvgIpc) is 2.24. The molecule has 0 saturated heterocycles. The van der Waals surface area contributed by atoms with E-state index in [2.05, 4.69) is 24.0 Å². The highest BCUT2D eigenvalue weighted by Crippen LogP contribution is 2.31. The molecule has 1 aromatic heterocycles. The fourth-order valence-corrected chi connectivity index (χ4v) is 2.22. The maximum Gasteiger partial charge on any atom is 0.267 e. The molecule has 16 heavy (non-hydrogen) atoms. The van der Waals surface area contributed by atoms with Gasteiger partial charge in [0.15, 0.2) is 0 Å². The van der Waals surface area contributed by atoms with Gasteiger partial charge in [-0.2, -0.15) is 5.10 Å². The molecule has 0 radical (unpaired) electrons. The highest BCUT2D eigenvalue weighted by atomic mass is 16.5. The summed E-state index contributed by atoms with van der Waals surface area (Å²) in [4.78, 5) is 11.1. The van der Waals surface area contributed by atoms with Crippen LogP contribution in [0, 0.1) is 11.8 Å². The van der Waals surface area contributed by atoms with Gasteiger partial charge in [-0.25, -0.2) is 5.10 Å². The Labute approximate surface area is 95.0 Å². The van der Waals surface area contributed by atoms with Gasteiger partial charge in [0, 0.05) is 6.07 Å². The molecule has 2 rings (SSSR count). The van der Waals surface area contributed by atoms with Gasteiger partial charge in [-0.1, -0.05) is 13.8 Å². The smallest absolute Gasteiger partial charge is 0.267 e. The minimum Gasteiger partial charge on any atom is -0.489 e. The van der Waals surface area contributed by atoms with Crippen LogP contribution in [-0.2, 0) is 0 Å². The van der Waals surface area contributed by atoms with E-state index in [1.54, 1.807) is 6.20 Å². The minimum atomic E-state index is -0.213. The molecule has 0 amide bonds. The van der Waals surface area contributed by atoms with Crippen molar-refractivity contribution in [3.63, 3.8) is 0 Å². The summed E-state index contributed by atoms with van der Waals surface area (Å²) in [5, 5.41) is 6.06. The first-order chi connectivity index (χ1) is 7.65. The highest BCUT2D eigenvalue weighted by molar-refractivity contribution is 5.13. The van der Waals surface area contributed by atoms with Crippen molar-refractivity contribution < 1.29 is 4.74 Å². The molecule has 3 atom stereocenters. The lowest BCUT2D eigenvalue weighted by molar-refractivity contribution is 0.1000. The Morgan fingerprint density at radius 3 is 2.88 bits per heavy atom. The van der Waals surface area contributed by atoms with E-state index in [1.165, 1.54) is 12.5 Å². The van der Waals surface area contributed by atoms with Crippen molar-refractivity contribution >= 4 is 0 Å². The summed E-state index contributed by atoms with van der Waals surface area (Å²) in [6.45, 7) is 4.55. The van der Waals surface area contributed by atoms with Crippen molar-refractivity contribution in [3.8, 4) is 5.75 Å². The van der Waals surface area contributed by atoms with E-state index in [-0.39, 0.29) is 11.7 Å². The molecule has 1 N–H and O–H groups in total. The van der Waals surface area contributed by atoms with Crippen molar-refractivity contribution in [2.75, 3.05) is 0 Å². The number of ether oxygens (including phenoxy) is 1. The Morgan fingerprint density at radius 2 is 2.19 bits per heavy atom. The molecule has 1 aliphatic rings. The summed E-state index contributed by atoms with van der Waals surface area (Å²) >= 11 is 0. The van der Waals surface area contributed by atoms with E-state index in [9.17, 15) is 4.79 Å². The van der Waals surface area contributed by atoms with Crippen LogP contribution in [0.4, 0.5) is 0 Å². The van der Waals surface area contributed by atoms with Gasteiger partial charge in [0.1, 0.15) is 5.75 Å². The van der Waals surface area contributed by atoms with E-state index in [1.807, 2.05) is 0 Å². The van der Waals surface area contributed by atoms with Crippen molar-refractivity contribution in [1.29, 1.82) is 0 Å². The fourth-order valence-electron chi connectivity index (χ4n) is 2.22. The van der Waals surface area contributed by atoms with Crippen LogP contribution in [0.5, 0.6) is 5.75 Å². The molecule has 3 unspecified atom stereocenters. The predicted octanol–water partition coefficient (Wildman–Crippen LogP) is 1.97. The van der Waals surface area contributed by atoms with Crippen LogP contribution in [0.15, 0.2) is 17.1 Å². The van der Waals surface area contributed by atoms with Crippen LogP contribution in [0.2, 0.25) is 0 Å². The standard InChI is InChI=1S/C12H18N2O2/c1-8-3-4-10(5-9(8)2)16-11-6-12(15)14-13-7-11/h6-10H,3-5H2,1-2H3,(H,14,15). The average molecular weight is 222 g/mol. The number of aromatic amines is 1. The number of nitrogens with one attached hydrogen (secondary N) is 1. The normalized spacial score (nSPS) is 30.0. The summed E-state index contributed by atoms with van der Waals surface area (Å²) in [5.41, 5.74) is -0.213. The number of hydrogen-bond donors (Lipinski definition) is 1. The zero-order valence-corrected chi connectivity index (χ0v) is 9.77. The van der Waals surface area contributed by atoms with Crippen LogP contribution in [0.25, 0.3) is 0 Å². The number of hydrogen-bond acceptors (Lipinski definition) is 3. The Kier molecular flexibility index (Phi) is 3.27. The molecule has 1 heterocycles. The molecule has 88 valence electrons. The monoisotopic (exact) mass is 222 g/mol. The fraction of sp³-hybridized carbons (Fsp3) is 0.667. The first kappa shape index (κ1) is 11.2. The SMILES string of the molecule is CC1CCC(Oc2cn[nH]c(=O)c2)CC1C. The van der Waals surface area contributed by atoms with Gasteiger partial charge in [0.25, 0.3) is 5.56 Å². The molecule has 4 heteroatoms. The molecular formula is C12H18N2O2. The van der Waals surface area contributed by atoms with Crippen LogP contribution >= 0.6 is 0 Å². The maximum atomic E-state index is 11.1. The third-order valence-electron chi connectivity index (χ3n) is 3.49. The lowest BCUT2D eigenvalue weighted by Crippen LogP contribution is -2.29. The zero-order valence-electron chi connectivity index (χ0n) is 9.77. The molecule has 1 aromatic rings. The topological polar surface area (TPSA) is 55.0 Å². The lowest BCUT2D eigenvalue weighted by atomic mass is 9.80. The van der Waals surface area contributed by atoms with E-state index in [4.69, 9.17) is 4.74 Å². The third kappa shape index (κ3) is 2.62. The van der Waals surface area contributed by atoms with Crippen molar-refractivity contribution in [2.24, 2.45) is 11.8 Å². The molecule has 0 aromatic carbocycles. The highest BCUT2D eigenvalue weighted by Gasteiger charge is 2.25. The number of nitrogens with zero attached hydrogens (tertiary/aromatic N) is 1. The second-order valence-electron chi connectivity index (χ2n) is 4.79. The molecule has 1 saturated carbocycles. The summed E-state index contributed by atoms with van der Waals surface area (Å²) in [5.74, 6) is 2.04. The van der Waals surface area contributed by atoms with Crippen molar-refractivity contribution in [3.05, 3.63) is 22.6 Å². The number of H-pyrrole nitrogens is 1. The second kappa shape index (κ2) is 4.68. The second-order valence-corrected chi connectivity index (χ2v) is 4.79. The molecule has 0 aliphatic heterocycles. The molecule has 1 aliphatic carbocycles. The van der Waals surface area contributed by atoms with Gasteiger partial charge >= 0.3 is 0 Å². The number of aromatic nitrogens is 2. The van der Waals surface area contributed by atoms with E-state index >= 15 is 0 Å². The van der Waals surface area contributed by atoms with Crippen LogP contribution in [-0.4, -0.2) is 16.3 Å². The molecule has 0 bridgehead atoms. The lowest BCUT2D eigenvalue weighted by Gasteiger charge is -2.32. The summed E-state index contributed by atoms with van der Waals surface area (Å²) < 4.78 is 5.77. The molecular weight excluding hydrogens is 204 g/mol. The molecule has 0 spiro atoms. The Balaban J connectivity index is 1.98. The summed E-state index contributed by atoms with van der Waals surface area (Å²) in [7, 11) is 0. The summed E-state index contributed by atoms with van der Waals surface area (Å²) in [6, 6.07) is 1.45. The van der Waals surface area contributed by atoms with Gasteiger partial charge in [-0.15, -0.1) is 0 Å². The molecule has 1 fully saturated rings. The maximum absolute atomic E-state index is 11.1. The van der Waals surface area contributed by atoms with Gasteiger partial charge in [-0.05, 0) is 31.1 Å². The third-order valence-corrected chi connectivity index (χ3v) is 3.49. The van der Waals surface area contributed by atoms with Gasteiger partial charge in [-0.3, -0.25) is 4.79 Å². The van der Waals surface area contributed by atoms with Gasteiger partial charge in [0.05, 0.1) is 12.3 Å².